The molecule has 0 atom stereocenters. The highest BCUT2D eigenvalue weighted by Crippen LogP contribution is 2.20. The van der Waals surface area contributed by atoms with Crippen LogP contribution in [0.25, 0.3) is 0 Å². The number of sulfonamides is 1. The fourth-order valence-corrected chi connectivity index (χ4v) is 2.75. The van der Waals surface area contributed by atoms with Crippen LogP contribution < -0.4 is 10.5 Å². The van der Waals surface area contributed by atoms with E-state index in [2.05, 4.69) is 37.9 Å². The van der Waals surface area contributed by atoms with Crippen molar-refractivity contribution in [3.05, 3.63) is 22.9 Å². The molecule has 1 heterocycles. The molecule has 3 N–H and O–H groups in total. The first kappa shape index (κ1) is 12.3. The number of pyridine rings is 1. The lowest BCUT2D eigenvalue weighted by Gasteiger charge is -2.07. The van der Waals surface area contributed by atoms with Crippen LogP contribution in [-0.4, -0.2) is 24.1 Å². The molecule has 0 amide bonds. The molecule has 15 heavy (non-hydrogen) atoms. The Balaban J connectivity index is 2.87. The lowest BCUT2D eigenvalue weighted by atomic mass is 10.4. The molecule has 8 heteroatoms. The maximum absolute atomic E-state index is 11.4. The van der Waals surface area contributed by atoms with Gasteiger partial charge in [-0.2, -0.15) is 0 Å². The van der Waals surface area contributed by atoms with E-state index in [0.717, 1.165) is 0 Å². The Labute approximate surface area is 101 Å². The molecule has 0 unspecified atom stereocenters. The SMILES string of the molecule is NC(=S)CS(=O)(=O)Nc1ccncc1Br. The maximum atomic E-state index is 11.4. The number of aromatic nitrogens is 1. The van der Waals surface area contributed by atoms with E-state index < -0.39 is 10.0 Å². The first-order valence-electron chi connectivity index (χ1n) is 3.79. The van der Waals surface area contributed by atoms with E-state index in [-0.39, 0.29) is 10.7 Å². The van der Waals surface area contributed by atoms with Gasteiger partial charge in [0.2, 0.25) is 10.0 Å². The van der Waals surface area contributed by atoms with Gasteiger partial charge in [-0.15, -0.1) is 0 Å². The van der Waals surface area contributed by atoms with Crippen molar-refractivity contribution in [1.82, 2.24) is 4.98 Å². The predicted octanol–water partition coefficient (Wildman–Crippen LogP) is 0.872. The molecule has 0 aromatic carbocycles. The minimum atomic E-state index is -3.53. The number of halogens is 1. The summed E-state index contributed by atoms with van der Waals surface area (Å²) in [5.74, 6) is -0.378. The van der Waals surface area contributed by atoms with Gasteiger partial charge >= 0.3 is 0 Å². The first-order chi connectivity index (χ1) is 6.91. The summed E-state index contributed by atoms with van der Waals surface area (Å²) >= 11 is 7.69. The zero-order valence-electron chi connectivity index (χ0n) is 7.47. The van der Waals surface area contributed by atoms with Crippen molar-refractivity contribution in [3.63, 3.8) is 0 Å². The van der Waals surface area contributed by atoms with Gasteiger partial charge in [0.25, 0.3) is 0 Å². The average Bonchev–Trinajstić information content (AvgIpc) is 2.06. The summed E-state index contributed by atoms with van der Waals surface area (Å²) in [6, 6.07) is 1.53. The van der Waals surface area contributed by atoms with Crippen LogP contribution in [0.15, 0.2) is 22.9 Å². The van der Waals surface area contributed by atoms with Crippen LogP contribution in [-0.2, 0) is 10.0 Å². The monoisotopic (exact) mass is 309 g/mol. The molecule has 0 aliphatic rings. The molecule has 0 saturated carbocycles. The van der Waals surface area contributed by atoms with Gasteiger partial charge in [-0.3, -0.25) is 9.71 Å². The molecule has 0 radical (unpaired) electrons. The summed E-state index contributed by atoms with van der Waals surface area (Å²) in [4.78, 5) is 3.73. The summed E-state index contributed by atoms with van der Waals surface area (Å²) in [5.41, 5.74) is 5.56. The van der Waals surface area contributed by atoms with Gasteiger partial charge in [0, 0.05) is 12.4 Å². The minimum Gasteiger partial charge on any atom is -0.392 e. The second-order valence-electron chi connectivity index (χ2n) is 2.68. The second-order valence-corrected chi connectivity index (χ2v) is 5.78. The Morgan fingerprint density at radius 1 is 1.67 bits per heavy atom. The Bertz CT molecular complexity index is 475. The van der Waals surface area contributed by atoms with Crippen molar-refractivity contribution in [2.45, 2.75) is 0 Å². The molecule has 0 aliphatic carbocycles. The highest BCUT2D eigenvalue weighted by atomic mass is 79.9. The van der Waals surface area contributed by atoms with Crippen LogP contribution >= 0.6 is 28.1 Å². The lowest BCUT2D eigenvalue weighted by Crippen LogP contribution is -2.26. The number of anilines is 1. The second kappa shape index (κ2) is 4.86. The molecule has 5 nitrogen and oxygen atoms in total. The van der Waals surface area contributed by atoms with Crippen molar-refractivity contribution in [3.8, 4) is 0 Å². The van der Waals surface area contributed by atoms with Gasteiger partial charge in [-0.05, 0) is 22.0 Å². The smallest absolute Gasteiger partial charge is 0.239 e. The van der Waals surface area contributed by atoms with Crippen molar-refractivity contribution < 1.29 is 8.42 Å². The zero-order chi connectivity index (χ0) is 11.5. The molecule has 0 aliphatic heterocycles. The molecule has 0 spiro atoms. The third kappa shape index (κ3) is 4.10. The first-order valence-corrected chi connectivity index (χ1v) is 6.64. The van der Waals surface area contributed by atoms with Gasteiger partial charge < -0.3 is 5.73 Å². The van der Waals surface area contributed by atoms with Crippen LogP contribution in [0.1, 0.15) is 0 Å². The maximum Gasteiger partial charge on any atom is 0.239 e. The number of rotatable bonds is 4. The van der Waals surface area contributed by atoms with Crippen molar-refractivity contribution in [2.75, 3.05) is 10.5 Å². The third-order valence-electron chi connectivity index (χ3n) is 1.37. The molecular formula is C7H8BrN3O2S2. The van der Waals surface area contributed by atoms with Crippen molar-refractivity contribution in [1.29, 1.82) is 0 Å². The summed E-state index contributed by atoms with van der Waals surface area (Å²) in [5, 5.41) is 0. The van der Waals surface area contributed by atoms with Gasteiger partial charge in [0.15, 0.2) is 0 Å². The quantitative estimate of drug-likeness (QED) is 0.806. The number of hydrogen-bond donors (Lipinski definition) is 2. The Morgan fingerprint density at radius 3 is 2.87 bits per heavy atom. The molecule has 1 rings (SSSR count). The summed E-state index contributed by atoms with van der Waals surface area (Å²) in [7, 11) is -3.53. The molecular weight excluding hydrogens is 302 g/mol. The van der Waals surface area contributed by atoms with E-state index in [9.17, 15) is 8.42 Å². The van der Waals surface area contributed by atoms with E-state index in [0.29, 0.717) is 10.2 Å². The molecule has 0 fully saturated rings. The Kier molecular flexibility index (Phi) is 4.00. The highest BCUT2D eigenvalue weighted by Gasteiger charge is 2.13. The van der Waals surface area contributed by atoms with E-state index in [1.54, 1.807) is 0 Å². The molecule has 1 aromatic rings. The van der Waals surface area contributed by atoms with Crippen LogP contribution in [0.4, 0.5) is 5.69 Å². The lowest BCUT2D eigenvalue weighted by molar-refractivity contribution is 0.605. The molecule has 82 valence electrons. The molecule has 1 aromatic heterocycles. The van der Waals surface area contributed by atoms with Crippen LogP contribution in [0.2, 0.25) is 0 Å². The summed E-state index contributed by atoms with van der Waals surface area (Å²) in [6.07, 6.45) is 2.96. The Morgan fingerprint density at radius 2 is 2.33 bits per heavy atom. The summed E-state index contributed by atoms with van der Waals surface area (Å²) < 4.78 is 25.8. The normalized spacial score (nSPS) is 11.0. The van der Waals surface area contributed by atoms with Crippen LogP contribution in [0.5, 0.6) is 0 Å². The predicted molar refractivity (Wildman–Crippen MR) is 66.1 cm³/mol. The molecule has 0 saturated heterocycles. The molecule has 0 bridgehead atoms. The number of nitrogens with two attached hydrogens (primary N) is 1. The highest BCUT2D eigenvalue weighted by molar-refractivity contribution is 9.10. The zero-order valence-corrected chi connectivity index (χ0v) is 10.7. The third-order valence-corrected chi connectivity index (χ3v) is 3.55. The summed E-state index contributed by atoms with van der Waals surface area (Å²) in [6.45, 7) is 0. The van der Waals surface area contributed by atoms with E-state index in [1.807, 2.05) is 0 Å². The fraction of sp³-hybridized carbons (Fsp3) is 0.143. The fourth-order valence-electron chi connectivity index (χ4n) is 0.849. The van der Waals surface area contributed by atoms with Gasteiger partial charge in [0.1, 0.15) is 5.75 Å². The van der Waals surface area contributed by atoms with Crippen LogP contribution in [0, 0.1) is 0 Å². The van der Waals surface area contributed by atoms with E-state index in [4.69, 9.17) is 5.73 Å². The van der Waals surface area contributed by atoms with Crippen molar-refractivity contribution >= 4 is 48.8 Å². The van der Waals surface area contributed by atoms with E-state index in [1.165, 1.54) is 18.5 Å². The largest absolute Gasteiger partial charge is 0.392 e. The number of nitrogens with one attached hydrogen (secondary N) is 1. The number of hydrogen-bond acceptors (Lipinski definition) is 4. The standard InChI is InChI=1S/C7H8BrN3O2S2/c8-5-3-10-2-1-6(5)11-15(12,13)4-7(9)14/h1-3H,4H2,(H2,9,14)(H,10,11). The van der Waals surface area contributed by atoms with Crippen LogP contribution in [0.3, 0.4) is 0 Å². The van der Waals surface area contributed by atoms with Crippen molar-refractivity contribution in [2.24, 2.45) is 5.73 Å². The van der Waals surface area contributed by atoms with Gasteiger partial charge in [-0.25, -0.2) is 8.42 Å². The van der Waals surface area contributed by atoms with Gasteiger partial charge in [-0.1, -0.05) is 12.2 Å². The van der Waals surface area contributed by atoms with Gasteiger partial charge in [0.05, 0.1) is 15.1 Å². The Hall–Kier alpha value is -0.730. The average molecular weight is 310 g/mol. The topological polar surface area (TPSA) is 85.1 Å². The van der Waals surface area contributed by atoms with E-state index >= 15 is 0 Å². The number of thiocarbonyl (C=S) groups is 1. The minimum absolute atomic E-state index is 0.0762. The number of nitrogens with zero attached hydrogens (tertiary/aromatic N) is 1.